The van der Waals surface area contributed by atoms with Crippen LogP contribution in [-0.4, -0.2) is 0 Å². The minimum absolute atomic E-state index is 1.21. The highest BCUT2D eigenvalue weighted by molar-refractivity contribution is 5.40. The maximum Gasteiger partial charge on any atom is -0.0187 e. The fraction of sp³-hybridized carbons (Fsp3) is 0.375. The summed E-state index contributed by atoms with van der Waals surface area (Å²) >= 11 is 0. The lowest BCUT2D eigenvalue weighted by Gasteiger charge is -1.96. The Morgan fingerprint density at radius 1 is 1.19 bits per heavy atom. The van der Waals surface area contributed by atoms with E-state index in [9.17, 15) is 0 Å². The zero-order valence-electron chi connectivity index (χ0n) is 10.7. The Kier molecular flexibility index (Phi) is 5.63. The van der Waals surface area contributed by atoms with Crippen molar-refractivity contribution in [2.75, 3.05) is 0 Å². The standard InChI is InChI=1S/C16H22/c1-4-6-9-14(3)12-13-16-11-8-7-10-15(16)5-2/h5,7-8,10-13H,4,6,9H2,1-3H3/b14-12+,15-5+,16-13-. The molecule has 1 rings (SSSR count). The number of benzene rings is 1. The summed E-state index contributed by atoms with van der Waals surface area (Å²) in [6, 6.07) is 8.49. The summed E-state index contributed by atoms with van der Waals surface area (Å²) in [5.74, 6) is 0. The van der Waals surface area contributed by atoms with E-state index in [-0.39, 0.29) is 0 Å². The largest absolute Gasteiger partial charge is 0.0798 e. The van der Waals surface area contributed by atoms with Crippen LogP contribution in [-0.2, 0) is 0 Å². The Morgan fingerprint density at radius 2 is 1.88 bits per heavy atom. The predicted molar refractivity (Wildman–Crippen MR) is 73.6 cm³/mol. The third kappa shape index (κ3) is 4.06. The van der Waals surface area contributed by atoms with Crippen LogP contribution in [0.3, 0.4) is 0 Å². The van der Waals surface area contributed by atoms with E-state index in [0.717, 1.165) is 0 Å². The first kappa shape index (κ1) is 12.8. The molecule has 0 unspecified atom stereocenters. The second-order valence-electron chi connectivity index (χ2n) is 4.20. The number of hydrogen-bond donors (Lipinski definition) is 0. The average molecular weight is 214 g/mol. The van der Waals surface area contributed by atoms with Crippen molar-refractivity contribution in [3.8, 4) is 0 Å². The van der Waals surface area contributed by atoms with Gasteiger partial charge in [-0.25, -0.2) is 0 Å². The summed E-state index contributed by atoms with van der Waals surface area (Å²) in [5.41, 5.74) is 1.47. The van der Waals surface area contributed by atoms with Gasteiger partial charge in [-0.1, -0.05) is 61.4 Å². The fourth-order valence-electron chi connectivity index (χ4n) is 1.70. The van der Waals surface area contributed by atoms with E-state index >= 15 is 0 Å². The molecule has 0 fully saturated rings. The molecule has 0 spiro atoms. The van der Waals surface area contributed by atoms with Gasteiger partial charge in [0.25, 0.3) is 0 Å². The third-order valence-corrected chi connectivity index (χ3v) is 2.78. The van der Waals surface area contributed by atoms with Crippen LogP contribution in [0.15, 0.2) is 35.9 Å². The molecule has 0 amide bonds. The van der Waals surface area contributed by atoms with Gasteiger partial charge in [0.05, 0.1) is 0 Å². The van der Waals surface area contributed by atoms with Crippen molar-refractivity contribution in [3.63, 3.8) is 0 Å². The molecule has 0 aromatic heterocycles. The van der Waals surface area contributed by atoms with E-state index in [1.165, 1.54) is 35.3 Å². The van der Waals surface area contributed by atoms with Gasteiger partial charge in [0.15, 0.2) is 0 Å². The molecule has 0 aliphatic heterocycles. The van der Waals surface area contributed by atoms with E-state index in [1.54, 1.807) is 0 Å². The van der Waals surface area contributed by atoms with Crippen molar-refractivity contribution in [1.29, 1.82) is 0 Å². The lowest BCUT2D eigenvalue weighted by atomic mass is 10.1. The van der Waals surface area contributed by atoms with Gasteiger partial charge < -0.3 is 0 Å². The Bertz CT molecular complexity index is 449. The normalized spacial score (nSPS) is 14.6. The Labute approximate surface area is 99.0 Å². The van der Waals surface area contributed by atoms with Crippen molar-refractivity contribution in [1.82, 2.24) is 0 Å². The highest BCUT2D eigenvalue weighted by atomic mass is 13.9. The van der Waals surface area contributed by atoms with Crippen LogP contribution in [0.5, 0.6) is 0 Å². The highest BCUT2D eigenvalue weighted by Gasteiger charge is 1.87. The summed E-state index contributed by atoms with van der Waals surface area (Å²) in [6.45, 7) is 6.53. The first-order valence-corrected chi connectivity index (χ1v) is 6.16. The van der Waals surface area contributed by atoms with Crippen LogP contribution in [0.2, 0.25) is 0 Å². The lowest BCUT2D eigenvalue weighted by molar-refractivity contribution is 0.788. The van der Waals surface area contributed by atoms with Gasteiger partial charge >= 0.3 is 0 Å². The fourth-order valence-corrected chi connectivity index (χ4v) is 1.70. The zero-order valence-corrected chi connectivity index (χ0v) is 10.7. The minimum atomic E-state index is 1.21. The van der Waals surface area contributed by atoms with Crippen molar-refractivity contribution >= 4 is 12.2 Å². The molecule has 0 N–H and O–H groups in total. The van der Waals surface area contributed by atoms with Crippen LogP contribution in [0.25, 0.3) is 12.2 Å². The van der Waals surface area contributed by atoms with Gasteiger partial charge in [-0.15, -0.1) is 0 Å². The van der Waals surface area contributed by atoms with E-state index < -0.39 is 0 Å². The van der Waals surface area contributed by atoms with E-state index in [4.69, 9.17) is 0 Å². The molecule has 1 aromatic carbocycles. The summed E-state index contributed by atoms with van der Waals surface area (Å²) in [7, 11) is 0. The average Bonchev–Trinajstić information content (AvgIpc) is 2.34. The summed E-state index contributed by atoms with van der Waals surface area (Å²) in [5, 5.41) is 2.61. The number of hydrogen-bond acceptors (Lipinski definition) is 0. The monoisotopic (exact) mass is 214 g/mol. The van der Waals surface area contributed by atoms with Crippen molar-refractivity contribution in [2.24, 2.45) is 0 Å². The number of unbranched alkanes of at least 4 members (excludes halogenated alkanes) is 1. The van der Waals surface area contributed by atoms with Gasteiger partial charge in [-0.2, -0.15) is 0 Å². The zero-order chi connectivity index (χ0) is 11.8. The van der Waals surface area contributed by atoms with Crippen molar-refractivity contribution in [2.45, 2.75) is 40.0 Å². The molecule has 0 atom stereocenters. The molecule has 0 heterocycles. The number of rotatable bonds is 4. The van der Waals surface area contributed by atoms with Crippen LogP contribution in [0, 0.1) is 0 Å². The van der Waals surface area contributed by atoms with E-state index in [2.05, 4.69) is 63.3 Å². The quantitative estimate of drug-likeness (QED) is 0.720. The first-order chi connectivity index (χ1) is 7.77. The lowest BCUT2D eigenvalue weighted by Crippen LogP contribution is -2.22. The molecule has 0 saturated heterocycles. The van der Waals surface area contributed by atoms with E-state index in [1.807, 2.05) is 0 Å². The van der Waals surface area contributed by atoms with Crippen LogP contribution in [0.1, 0.15) is 40.0 Å². The topological polar surface area (TPSA) is 0 Å². The maximum atomic E-state index is 2.25. The Balaban J connectivity index is 2.92. The smallest absolute Gasteiger partial charge is 0.0187 e. The molecular weight excluding hydrogens is 192 g/mol. The Hall–Kier alpha value is -1.30. The molecule has 0 saturated carbocycles. The van der Waals surface area contributed by atoms with Crippen molar-refractivity contribution < 1.29 is 0 Å². The SMILES string of the molecule is C\C=c1/cccc/c1=C/C=C(\C)CCCC. The molecule has 0 radical (unpaired) electrons. The maximum absolute atomic E-state index is 2.25. The van der Waals surface area contributed by atoms with Gasteiger partial charge in [-0.3, -0.25) is 0 Å². The summed E-state index contributed by atoms with van der Waals surface area (Å²) in [6.07, 6.45) is 10.4. The van der Waals surface area contributed by atoms with Crippen LogP contribution in [0.4, 0.5) is 0 Å². The van der Waals surface area contributed by atoms with E-state index in [0.29, 0.717) is 0 Å². The van der Waals surface area contributed by atoms with Gasteiger partial charge in [0, 0.05) is 0 Å². The molecule has 86 valence electrons. The minimum Gasteiger partial charge on any atom is -0.0798 e. The molecule has 0 aliphatic rings. The first-order valence-electron chi connectivity index (χ1n) is 6.16. The number of allylic oxidation sites excluding steroid dienone is 2. The predicted octanol–water partition coefficient (Wildman–Crippen LogP) is 3.40. The Morgan fingerprint density at radius 3 is 2.50 bits per heavy atom. The molecular formula is C16H22. The second-order valence-corrected chi connectivity index (χ2v) is 4.20. The van der Waals surface area contributed by atoms with Crippen LogP contribution >= 0.6 is 0 Å². The molecule has 1 aromatic rings. The van der Waals surface area contributed by atoms with Crippen LogP contribution < -0.4 is 10.4 Å². The van der Waals surface area contributed by atoms with Gasteiger partial charge in [0.1, 0.15) is 0 Å². The van der Waals surface area contributed by atoms with Gasteiger partial charge in [-0.05, 0) is 37.1 Å². The molecule has 0 nitrogen and oxygen atoms in total. The highest BCUT2D eigenvalue weighted by Crippen LogP contribution is 2.05. The van der Waals surface area contributed by atoms with Gasteiger partial charge in [0.2, 0.25) is 0 Å². The summed E-state index contributed by atoms with van der Waals surface area (Å²) < 4.78 is 0. The summed E-state index contributed by atoms with van der Waals surface area (Å²) in [4.78, 5) is 0. The molecule has 0 aliphatic carbocycles. The molecule has 0 bridgehead atoms. The molecule has 0 heteroatoms. The van der Waals surface area contributed by atoms with Crippen molar-refractivity contribution in [3.05, 3.63) is 46.4 Å². The third-order valence-electron chi connectivity index (χ3n) is 2.78. The second kappa shape index (κ2) is 7.05. The molecule has 16 heavy (non-hydrogen) atoms.